The van der Waals surface area contributed by atoms with Crippen LogP contribution in [0.2, 0.25) is 0 Å². The van der Waals surface area contributed by atoms with E-state index in [2.05, 4.69) is 10.1 Å². The second-order valence-electron chi connectivity index (χ2n) is 3.19. The first-order chi connectivity index (χ1) is 8.34. The fourth-order valence-electron chi connectivity index (χ4n) is 1.11. The van der Waals surface area contributed by atoms with E-state index >= 15 is 0 Å². The summed E-state index contributed by atoms with van der Waals surface area (Å²) in [7, 11) is 1.16. The van der Waals surface area contributed by atoms with Crippen molar-refractivity contribution in [2.24, 2.45) is 0 Å². The minimum atomic E-state index is -4.77. The molecule has 1 aromatic rings. The summed E-state index contributed by atoms with van der Waals surface area (Å²) in [5, 5.41) is 2.40. The molecule has 0 spiro atoms. The third-order valence-electron chi connectivity index (χ3n) is 1.94. The molecule has 0 unspecified atom stereocenters. The van der Waals surface area contributed by atoms with E-state index in [1.807, 2.05) is 0 Å². The second kappa shape index (κ2) is 5.52. The van der Waals surface area contributed by atoms with E-state index in [0.29, 0.717) is 12.1 Å². The molecule has 3 nitrogen and oxygen atoms in total. The zero-order valence-electron chi connectivity index (χ0n) is 9.22. The van der Waals surface area contributed by atoms with Gasteiger partial charge in [-0.15, -0.1) is 0 Å². The van der Waals surface area contributed by atoms with Gasteiger partial charge in [-0.2, -0.15) is 13.2 Å². The summed E-state index contributed by atoms with van der Waals surface area (Å²) in [6.07, 6.45) is -2.69. The lowest BCUT2D eigenvalue weighted by atomic mass is 10.2. The summed E-state index contributed by atoms with van der Waals surface area (Å²) in [5.74, 6) is -2.02. The van der Waals surface area contributed by atoms with Crippen molar-refractivity contribution in [3.8, 4) is 0 Å². The first kappa shape index (κ1) is 14.0. The van der Waals surface area contributed by atoms with Crippen LogP contribution in [0.5, 0.6) is 0 Å². The van der Waals surface area contributed by atoms with Gasteiger partial charge in [0.1, 0.15) is 5.82 Å². The van der Waals surface area contributed by atoms with Gasteiger partial charge in [-0.1, -0.05) is 0 Å². The van der Waals surface area contributed by atoms with Crippen LogP contribution >= 0.6 is 0 Å². The summed E-state index contributed by atoms with van der Waals surface area (Å²) in [4.78, 5) is 10.7. The summed E-state index contributed by atoms with van der Waals surface area (Å²) < 4.78 is 54.3. The average molecular weight is 263 g/mol. The van der Waals surface area contributed by atoms with Crippen LogP contribution < -0.4 is 5.32 Å². The van der Waals surface area contributed by atoms with Crippen LogP contribution in [-0.4, -0.2) is 13.1 Å². The van der Waals surface area contributed by atoms with E-state index in [1.54, 1.807) is 0 Å². The summed E-state index contributed by atoms with van der Waals surface area (Å²) in [5.41, 5.74) is -1.37. The lowest BCUT2D eigenvalue weighted by Gasteiger charge is -2.09. The van der Waals surface area contributed by atoms with Crippen molar-refractivity contribution in [1.82, 2.24) is 0 Å². The van der Waals surface area contributed by atoms with Crippen LogP contribution in [0.3, 0.4) is 0 Å². The smallest absolute Gasteiger partial charge is 0.419 e. The Labute approximate surface area is 100 Å². The third-order valence-corrected chi connectivity index (χ3v) is 1.94. The molecule has 0 fully saturated rings. The molecule has 1 N–H and O–H groups in total. The van der Waals surface area contributed by atoms with Crippen molar-refractivity contribution in [2.45, 2.75) is 6.18 Å². The van der Waals surface area contributed by atoms with Crippen LogP contribution in [-0.2, 0) is 15.7 Å². The molecule has 0 radical (unpaired) electrons. The number of alkyl halides is 3. The highest BCUT2D eigenvalue weighted by Crippen LogP contribution is 2.32. The summed E-state index contributed by atoms with van der Waals surface area (Å²) in [6, 6.07) is 2.42. The van der Waals surface area contributed by atoms with Gasteiger partial charge in [-0.05, 0) is 18.2 Å². The Kier molecular flexibility index (Phi) is 4.30. The maximum Gasteiger partial charge on any atom is 0.419 e. The number of halogens is 4. The molecule has 18 heavy (non-hydrogen) atoms. The van der Waals surface area contributed by atoms with Crippen LogP contribution in [0.25, 0.3) is 0 Å². The molecule has 0 bridgehead atoms. The predicted octanol–water partition coefficient (Wildman–Crippen LogP) is 2.94. The molecule has 0 amide bonds. The lowest BCUT2D eigenvalue weighted by Crippen LogP contribution is -2.08. The zero-order valence-corrected chi connectivity index (χ0v) is 9.22. The van der Waals surface area contributed by atoms with Gasteiger partial charge in [0, 0.05) is 18.0 Å². The molecule has 0 heterocycles. The molecule has 7 heteroatoms. The standard InChI is InChI=1S/C11H9F4NO2/c1-18-10(17)4-5-16-7-2-3-9(12)8(6-7)11(13,14)15/h2-6,16H,1H3/b5-4+. The molecule has 0 aliphatic carbocycles. The Morgan fingerprint density at radius 2 is 2.06 bits per heavy atom. The number of rotatable bonds is 3. The number of carbonyl (C=O) groups is 1. The highest BCUT2D eigenvalue weighted by molar-refractivity contribution is 5.82. The fourth-order valence-corrected chi connectivity index (χ4v) is 1.11. The topological polar surface area (TPSA) is 38.3 Å². The monoisotopic (exact) mass is 263 g/mol. The average Bonchev–Trinajstić information content (AvgIpc) is 2.29. The molecule has 0 saturated carbocycles. The molecule has 0 atom stereocenters. The van der Waals surface area contributed by atoms with E-state index in [0.717, 1.165) is 25.5 Å². The van der Waals surface area contributed by atoms with Gasteiger partial charge in [0.2, 0.25) is 0 Å². The van der Waals surface area contributed by atoms with E-state index < -0.39 is 23.5 Å². The Balaban J connectivity index is 2.86. The minimum absolute atomic E-state index is 0.00359. The van der Waals surface area contributed by atoms with Gasteiger partial charge >= 0.3 is 12.1 Å². The van der Waals surface area contributed by atoms with Crippen molar-refractivity contribution >= 4 is 11.7 Å². The largest absolute Gasteiger partial charge is 0.466 e. The minimum Gasteiger partial charge on any atom is -0.466 e. The normalized spacial score (nSPS) is 11.6. The fraction of sp³-hybridized carbons (Fsp3) is 0.182. The van der Waals surface area contributed by atoms with E-state index in [-0.39, 0.29) is 5.69 Å². The number of esters is 1. The van der Waals surface area contributed by atoms with Crippen LogP contribution in [0.1, 0.15) is 5.56 Å². The Morgan fingerprint density at radius 3 is 2.61 bits per heavy atom. The van der Waals surface area contributed by atoms with Gasteiger partial charge in [0.15, 0.2) is 0 Å². The SMILES string of the molecule is COC(=O)/C=C/Nc1ccc(F)c(C(F)(F)F)c1. The van der Waals surface area contributed by atoms with Crippen molar-refractivity contribution in [3.63, 3.8) is 0 Å². The number of carbonyl (C=O) groups excluding carboxylic acids is 1. The van der Waals surface area contributed by atoms with E-state index in [1.165, 1.54) is 0 Å². The lowest BCUT2D eigenvalue weighted by molar-refractivity contribution is -0.140. The summed E-state index contributed by atoms with van der Waals surface area (Å²) >= 11 is 0. The van der Waals surface area contributed by atoms with Gasteiger partial charge in [0.05, 0.1) is 12.7 Å². The van der Waals surface area contributed by atoms with Crippen molar-refractivity contribution in [1.29, 1.82) is 0 Å². The molecule has 0 aliphatic heterocycles. The Morgan fingerprint density at radius 1 is 1.39 bits per heavy atom. The third kappa shape index (κ3) is 3.76. The molecule has 0 saturated heterocycles. The quantitative estimate of drug-likeness (QED) is 0.517. The molecular formula is C11H9F4NO2. The van der Waals surface area contributed by atoms with Crippen LogP contribution in [0.15, 0.2) is 30.5 Å². The molecule has 0 aliphatic rings. The summed E-state index contributed by atoms with van der Waals surface area (Å²) in [6.45, 7) is 0. The highest BCUT2D eigenvalue weighted by Gasteiger charge is 2.34. The Bertz CT molecular complexity index is 469. The zero-order chi connectivity index (χ0) is 13.8. The molecule has 1 rings (SSSR count). The van der Waals surface area contributed by atoms with Gasteiger partial charge in [0.25, 0.3) is 0 Å². The second-order valence-corrected chi connectivity index (χ2v) is 3.19. The van der Waals surface area contributed by atoms with Gasteiger partial charge < -0.3 is 10.1 Å². The number of benzene rings is 1. The first-order valence-electron chi connectivity index (χ1n) is 4.72. The van der Waals surface area contributed by atoms with Crippen molar-refractivity contribution in [3.05, 3.63) is 41.9 Å². The highest BCUT2D eigenvalue weighted by atomic mass is 19.4. The van der Waals surface area contributed by atoms with E-state index in [4.69, 9.17) is 0 Å². The first-order valence-corrected chi connectivity index (χ1v) is 4.72. The number of methoxy groups -OCH3 is 1. The number of ether oxygens (including phenoxy) is 1. The predicted molar refractivity (Wildman–Crippen MR) is 56.2 cm³/mol. The van der Waals surface area contributed by atoms with Gasteiger partial charge in [-0.25, -0.2) is 9.18 Å². The van der Waals surface area contributed by atoms with E-state index in [9.17, 15) is 22.4 Å². The molecular weight excluding hydrogens is 254 g/mol. The molecule has 0 aromatic heterocycles. The molecule has 98 valence electrons. The maximum absolute atomic E-state index is 12.9. The number of hydrogen-bond donors (Lipinski definition) is 1. The maximum atomic E-state index is 12.9. The Hall–Kier alpha value is -2.05. The molecule has 1 aromatic carbocycles. The number of anilines is 1. The van der Waals surface area contributed by atoms with Crippen molar-refractivity contribution in [2.75, 3.05) is 12.4 Å². The number of nitrogens with one attached hydrogen (secondary N) is 1. The number of hydrogen-bond acceptors (Lipinski definition) is 3. The van der Waals surface area contributed by atoms with Crippen molar-refractivity contribution < 1.29 is 27.1 Å². The van der Waals surface area contributed by atoms with Crippen LogP contribution in [0, 0.1) is 5.82 Å². The van der Waals surface area contributed by atoms with Crippen LogP contribution in [0.4, 0.5) is 23.2 Å². The van der Waals surface area contributed by atoms with Gasteiger partial charge in [-0.3, -0.25) is 0 Å².